The zero-order valence-electron chi connectivity index (χ0n) is 8.50. The van der Waals surface area contributed by atoms with E-state index >= 15 is 0 Å². The molecule has 4 nitrogen and oxygen atoms in total. The molecule has 82 valence electrons. The summed E-state index contributed by atoms with van der Waals surface area (Å²) in [4.78, 5) is 10.9. The maximum Gasteiger partial charge on any atom is 0.308 e. The van der Waals surface area contributed by atoms with Crippen molar-refractivity contribution >= 4 is 5.97 Å². The molecule has 1 fully saturated rings. The van der Waals surface area contributed by atoms with Crippen molar-refractivity contribution in [3.05, 3.63) is 24.5 Å². The van der Waals surface area contributed by atoms with Gasteiger partial charge in [-0.2, -0.15) is 0 Å². The van der Waals surface area contributed by atoms with E-state index in [1.165, 1.54) is 0 Å². The third-order valence-electron chi connectivity index (χ3n) is 2.80. The van der Waals surface area contributed by atoms with E-state index in [9.17, 15) is 9.90 Å². The van der Waals surface area contributed by atoms with Crippen LogP contribution in [0.2, 0.25) is 0 Å². The lowest BCUT2D eigenvalue weighted by atomic mass is 9.95. The van der Waals surface area contributed by atoms with Crippen LogP contribution in [0.25, 0.3) is 0 Å². The number of aliphatic hydroxyl groups is 1. The average Bonchev–Trinajstić information content (AvgIpc) is 2.69. The molecule has 0 saturated carbocycles. The number of carbonyl (C=O) groups is 1. The summed E-state index contributed by atoms with van der Waals surface area (Å²) in [6.45, 7) is 1.20. The molecule has 2 unspecified atom stereocenters. The summed E-state index contributed by atoms with van der Waals surface area (Å²) in [5.74, 6) is -0.218. The second-order valence-electron chi connectivity index (χ2n) is 3.92. The van der Waals surface area contributed by atoms with Crippen LogP contribution in [0.3, 0.4) is 0 Å². The van der Waals surface area contributed by atoms with Gasteiger partial charge in [-0.1, -0.05) is 0 Å². The third kappa shape index (κ3) is 2.59. The third-order valence-corrected chi connectivity index (χ3v) is 2.80. The lowest BCUT2D eigenvalue weighted by Gasteiger charge is -2.26. The van der Waals surface area contributed by atoms with Crippen LogP contribution in [-0.2, 0) is 16.1 Å². The minimum absolute atomic E-state index is 0.0742. The summed E-state index contributed by atoms with van der Waals surface area (Å²) < 4.78 is 6.98. The Morgan fingerprint density at radius 3 is 2.87 bits per heavy atom. The Labute approximate surface area is 88.5 Å². The van der Waals surface area contributed by atoms with E-state index in [0.717, 1.165) is 13.0 Å². The topological polar surface area (TPSA) is 51.5 Å². The SMILES string of the molecule is O=C1CC(O)C(CCn2cccc2)CO1. The molecule has 1 saturated heterocycles. The summed E-state index contributed by atoms with van der Waals surface area (Å²) in [6, 6.07) is 3.94. The number of carbonyl (C=O) groups excluding carboxylic acids is 1. The number of hydrogen-bond donors (Lipinski definition) is 1. The van der Waals surface area contributed by atoms with Gasteiger partial charge in [0.1, 0.15) is 0 Å². The Kier molecular flexibility index (Phi) is 3.06. The predicted octanol–water partition coefficient (Wildman–Crippen LogP) is 0.802. The van der Waals surface area contributed by atoms with Gasteiger partial charge in [0.25, 0.3) is 0 Å². The number of hydrogen-bond acceptors (Lipinski definition) is 3. The van der Waals surface area contributed by atoms with Gasteiger partial charge in [0.05, 0.1) is 19.1 Å². The first-order chi connectivity index (χ1) is 7.25. The number of aliphatic hydroxyl groups excluding tert-OH is 1. The Balaban J connectivity index is 1.82. The van der Waals surface area contributed by atoms with Crippen molar-refractivity contribution in [1.29, 1.82) is 0 Å². The zero-order valence-corrected chi connectivity index (χ0v) is 8.50. The summed E-state index contributed by atoms with van der Waals surface area (Å²) in [5, 5.41) is 9.66. The van der Waals surface area contributed by atoms with E-state index in [4.69, 9.17) is 4.74 Å². The number of cyclic esters (lactones) is 1. The highest BCUT2D eigenvalue weighted by atomic mass is 16.5. The molecule has 2 rings (SSSR count). The van der Waals surface area contributed by atoms with E-state index < -0.39 is 6.10 Å². The molecule has 0 amide bonds. The van der Waals surface area contributed by atoms with Crippen LogP contribution in [0, 0.1) is 5.92 Å². The van der Waals surface area contributed by atoms with E-state index in [-0.39, 0.29) is 18.3 Å². The number of nitrogens with zero attached hydrogens (tertiary/aromatic N) is 1. The largest absolute Gasteiger partial charge is 0.465 e. The molecule has 1 aliphatic heterocycles. The molecule has 0 radical (unpaired) electrons. The monoisotopic (exact) mass is 209 g/mol. The number of rotatable bonds is 3. The van der Waals surface area contributed by atoms with Gasteiger partial charge in [-0.3, -0.25) is 4.79 Å². The summed E-state index contributed by atoms with van der Waals surface area (Å²) >= 11 is 0. The van der Waals surface area contributed by atoms with Gasteiger partial charge in [0.15, 0.2) is 0 Å². The zero-order chi connectivity index (χ0) is 10.7. The van der Waals surface area contributed by atoms with Crippen molar-refractivity contribution in [3.8, 4) is 0 Å². The first-order valence-electron chi connectivity index (χ1n) is 5.20. The molecular weight excluding hydrogens is 194 g/mol. The fourth-order valence-corrected chi connectivity index (χ4v) is 1.82. The number of esters is 1. The number of aromatic nitrogens is 1. The van der Waals surface area contributed by atoms with Crippen LogP contribution < -0.4 is 0 Å². The molecule has 4 heteroatoms. The van der Waals surface area contributed by atoms with Crippen molar-refractivity contribution in [1.82, 2.24) is 4.57 Å². The molecular formula is C11H15NO3. The smallest absolute Gasteiger partial charge is 0.308 e. The van der Waals surface area contributed by atoms with Crippen molar-refractivity contribution in [2.24, 2.45) is 5.92 Å². The lowest BCUT2D eigenvalue weighted by molar-refractivity contribution is -0.157. The molecule has 2 atom stereocenters. The minimum atomic E-state index is -0.540. The minimum Gasteiger partial charge on any atom is -0.465 e. The molecule has 1 aromatic rings. The Bertz CT molecular complexity index is 321. The fourth-order valence-electron chi connectivity index (χ4n) is 1.82. The van der Waals surface area contributed by atoms with Crippen LogP contribution >= 0.6 is 0 Å². The van der Waals surface area contributed by atoms with Gasteiger partial charge in [0.2, 0.25) is 0 Å². The quantitative estimate of drug-likeness (QED) is 0.749. The van der Waals surface area contributed by atoms with Crippen molar-refractivity contribution in [2.45, 2.75) is 25.5 Å². The van der Waals surface area contributed by atoms with Gasteiger partial charge >= 0.3 is 5.97 Å². The van der Waals surface area contributed by atoms with Crippen LogP contribution in [0.15, 0.2) is 24.5 Å². The maximum absolute atomic E-state index is 10.9. The standard InChI is InChI=1S/C11H15NO3/c13-10-7-11(14)15-8-9(10)3-6-12-4-1-2-5-12/h1-2,4-5,9-10,13H,3,6-8H2. The second kappa shape index (κ2) is 4.49. The number of ether oxygens (including phenoxy) is 1. The van der Waals surface area contributed by atoms with E-state index in [2.05, 4.69) is 4.57 Å². The molecule has 0 aromatic carbocycles. The Morgan fingerprint density at radius 1 is 1.47 bits per heavy atom. The lowest BCUT2D eigenvalue weighted by Crippen LogP contribution is -2.35. The maximum atomic E-state index is 10.9. The first-order valence-corrected chi connectivity index (χ1v) is 5.20. The van der Waals surface area contributed by atoms with Crippen molar-refractivity contribution in [3.63, 3.8) is 0 Å². The van der Waals surface area contributed by atoms with Gasteiger partial charge in [-0.25, -0.2) is 0 Å². The van der Waals surface area contributed by atoms with Gasteiger partial charge in [-0.05, 0) is 18.6 Å². The molecule has 15 heavy (non-hydrogen) atoms. The van der Waals surface area contributed by atoms with Crippen LogP contribution in [-0.4, -0.2) is 28.4 Å². The van der Waals surface area contributed by atoms with Crippen LogP contribution in [0.5, 0.6) is 0 Å². The van der Waals surface area contributed by atoms with Crippen molar-refractivity contribution < 1.29 is 14.6 Å². The van der Waals surface area contributed by atoms with Gasteiger partial charge in [0, 0.05) is 24.9 Å². The molecule has 1 N–H and O–H groups in total. The molecule has 1 aromatic heterocycles. The predicted molar refractivity (Wildman–Crippen MR) is 54.1 cm³/mol. The summed E-state index contributed by atoms with van der Waals surface area (Å²) in [5.41, 5.74) is 0. The molecule has 0 spiro atoms. The first kappa shape index (κ1) is 10.2. The fraction of sp³-hybridized carbons (Fsp3) is 0.545. The van der Waals surface area contributed by atoms with Crippen molar-refractivity contribution in [2.75, 3.05) is 6.61 Å². The highest BCUT2D eigenvalue weighted by Crippen LogP contribution is 2.19. The van der Waals surface area contributed by atoms with Gasteiger partial charge in [-0.15, -0.1) is 0 Å². The highest BCUT2D eigenvalue weighted by Gasteiger charge is 2.28. The van der Waals surface area contributed by atoms with E-state index in [1.54, 1.807) is 0 Å². The van der Waals surface area contributed by atoms with Crippen LogP contribution in [0.1, 0.15) is 12.8 Å². The van der Waals surface area contributed by atoms with E-state index in [1.807, 2.05) is 24.5 Å². The number of aryl methyl sites for hydroxylation is 1. The average molecular weight is 209 g/mol. The second-order valence-corrected chi connectivity index (χ2v) is 3.92. The molecule has 0 bridgehead atoms. The molecule has 2 heterocycles. The highest BCUT2D eigenvalue weighted by molar-refractivity contribution is 5.70. The normalized spacial score (nSPS) is 26.3. The van der Waals surface area contributed by atoms with Crippen LogP contribution in [0.4, 0.5) is 0 Å². The molecule has 1 aliphatic rings. The Morgan fingerprint density at radius 2 is 2.20 bits per heavy atom. The molecule has 0 aliphatic carbocycles. The van der Waals surface area contributed by atoms with E-state index in [0.29, 0.717) is 6.61 Å². The van der Waals surface area contributed by atoms with Gasteiger partial charge < -0.3 is 14.4 Å². The summed E-state index contributed by atoms with van der Waals surface area (Å²) in [6.07, 6.45) is 4.41. The Hall–Kier alpha value is -1.29. The summed E-state index contributed by atoms with van der Waals surface area (Å²) in [7, 11) is 0.